The molecule has 4 rings (SSSR count). The van der Waals surface area contributed by atoms with Crippen LogP contribution in [0.15, 0.2) is 76.6 Å². The van der Waals surface area contributed by atoms with E-state index in [2.05, 4.69) is 14.5 Å². The Bertz CT molecular complexity index is 1270. The SMILES string of the molecule is O=S(=O)(Nc1ccc(C2=NCCc3cc(F)ccc32)cc1)c1ccc(OC(F)(F)F)cc1. The van der Waals surface area contributed by atoms with Crippen LogP contribution in [0.3, 0.4) is 0 Å². The Morgan fingerprint density at radius 2 is 1.62 bits per heavy atom. The van der Waals surface area contributed by atoms with Crippen LogP contribution in [-0.4, -0.2) is 27.0 Å². The van der Waals surface area contributed by atoms with Gasteiger partial charge in [0.05, 0.1) is 10.6 Å². The number of ether oxygens (including phenoxy) is 1. The van der Waals surface area contributed by atoms with Crippen molar-refractivity contribution >= 4 is 21.4 Å². The van der Waals surface area contributed by atoms with Gasteiger partial charge in [-0.25, -0.2) is 12.8 Å². The van der Waals surface area contributed by atoms with Crippen molar-refractivity contribution in [3.8, 4) is 5.75 Å². The van der Waals surface area contributed by atoms with Crippen LogP contribution in [0.25, 0.3) is 0 Å². The highest BCUT2D eigenvalue weighted by molar-refractivity contribution is 7.92. The molecule has 3 aromatic carbocycles. The smallest absolute Gasteiger partial charge is 0.406 e. The number of alkyl halides is 3. The van der Waals surface area contributed by atoms with Crippen LogP contribution in [0.5, 0.6) is 5.75 Å². The van der Waals surface area contributed by atoms with Crippen LogP contribution < -0.4 is 9.46 Å². The summed E-state index contributed by atoms with van der Waals surface area (Å²) in [7, 11) is -4.02. The Morgan fingerprint density at radius 1 is 0.938 bits per heavy atom. The van der Waals surface area contributed by atoms with E-state index in [-0.39, 0.29) is 16.4 Å². The van der Waals surface area contributed by atoms with Crippen LogP contribution in [0.1, 0.15) is 16.7 Å². The molecule has 1 N–H and O–H groups in total. The molecule has 5 nitrogen and oxygen atoms in total. The van der Waals surface area contributed by atoms with E-state index in [1.807, 2.05) is 0 Å². The monoisotopic (exact) mass is 464 g/mol. The first-order valence-electron chi connectivity index (χ1n) is 9.43. The Morgan fingerprint density at radius 3 is 2.28 bits per heavy atom. The molecule has 0 unspecified atom stereocenters. The molecule has 0 atom stereocenters. The van der Waals surface area contributed by atoms with Crippen LogP contribution in [0.4, 0.5) is 23.2 Å². The molecular weight excluding hydrogens is 448 g/mol. The van der Waals surface area contributed by atoms with Gasteiger partial charge >= 0.3 is 6.36 Å². The number of anilines is 1. The van der Waals surface area contributed by atoms with Crippen molar-refractivity contribution in [1.29, 1.82) is 0 Å². The van der Waals surface area contributed by atoms with Crippen LogP contribution in [0.2, 0.25) is 0 Å². The zero-order valence-corrected chi connectivity index (χ0v) is 17.2. The molecule has 10 heteroatoms. The first kappa shape index (κ1) is 21.8. The molecule has 0 fully saturated rings. The average Bonchev–Trinajstić information content (AvgIpc) is 2.73. The Kier molecular flexibility index (Phi) is 5.64. The number of hydrogen-bond acceptors (Lipinski definition) is 4. The van der Waals surface area contributed by atoms with Crippen LogP contribution in [0, 0.1) is 5.82 Å². The second-order valence-corrected chi connectivity index (χ2v) is 8.67. The summed E-state index contributed by atoms with van der Waals surface area (Å²) >= 11 is 0. The van der Waals surface area contributed by atoms with E-state index in [9.17, 15) is 26.0 Å². The minimum Gasteiger partial charge on any atom is -0.406 e. The van der Waals surface area contributed by atoms with Crippen molar-refractivity contribution in [2.24, 2.45) is 4.99 Å². The summed E-state index contributed by atoms with van der Waals surface area (Å²) in [6.45, 7) is 0.522. The predicted molar refractivity (Wildman–Crippen MR) is 111 cm³/mol. The number of nitrogens with zero attached hydrogens (tertiary/aromatic N) is 1. The largest absolute Gasteiger partial charge is 0.573 e. The van der Waals surface area contributed by atoms with E-state index in [1.165, 1.54) is 12.1 Å². The third-order valence-corrected chi connectivity index (χ3v) is 6.15. The van der Waals surface area contributed by atoms with Crippen LogP contribution in [-0.2, 0) is 16.4 Å². The van der Waals surface area contributed by atoms with Gasteiger partial charge < -0.3 is 4.74 Å². The van der Waals surface area contributed by atoms with Gasteiger partial charge in [-0.3, -0.25) is 9.71 Å². The molecule has 3 aromatic rings. The van der Waals surface area contributed by atoms with Gasteiger partial charge in [0.15, 0.2) is 0 Å². The lowest BCUT2D eigenvalue weighted by molar-refractivity contribution is -0.274. The van der Waals surface area contributed by atoms with E-state index in [4.69, 9.17) is 0 Å². The van der Waals surface area contributed by atoms with Gasteiger partial charge in [0, 0.05) is 23.4 Å². The molecule has 1 heterocycles. The third kappa shape index (κ3) is 4.91. The number of rotatable bonds is 5. The highest BCUT2D eigenvalue weighted by Gasteiger charge is 2.31. The summed E-state index contributed by atoms with van der Waals surface area (Å²) in [6, 6.07) is 14.9. The van der Waals surface area contributed by atoms with Crippen LogP contribution >= 0.6 is 0 Å². The summed E-state index contributed by atoms with van der Waals surface area (Å²) in [5, 5.41) is 0. The molecule has 0 saturated carbocycles. The van der Waals surface area contributed by atoms with Crippen molar-refractivity contribution in [2.75, 3.05) is 11.3 Å². The summed E-state index contributed by atoms with van der Waals surface area (Å²) in [6.07, 6.45) is -4.22. The van der Waals surface area contributed by atoms with Gasteiger partial charge in [0.2, 0.25) is 0 Å². The fourth-order valence-electron chi connectivity index (χ4n) is 3.35. The number of aliphatic imine (C=N–C) groups is 1. The lowest BCUT2D eigenvalue weighted by Crippen LogP contribution is -2.17. The maximum Gasteiger partial charge on any atom is 0.573 e. The lowest BCUT2D eigenvalue weighted by atomic mass is 9.93. The average molecular weight is 464 g/mol. The standard InChI is InChI=1S/C22H16F4N2O3S/c23-16-3-10-20-15(13-16)11-12-27-21(20)14-1-4-17(5-2-14)28-32(29,30)19-8-6-18(7-9-19)31-22(24,25)26/h1-10,13,28H,11-12H2. The molecule has 0 bridgehead atoms. The maximum absolute atomic E-state index is 13.5. The third-order valence-electron chi connectivity index (χ3n) is 4.75. The summed E-state index contributed by atoms with van der Waals surface area (Å²) < 4.78 is 81.5. The fourth-order valence-corrected chi connectivity index (χ4v) is 4.41. The molecule has 166 valence electrons. The molecule has 0 radical (unpaired) electrons. The van der Waals surface area contributed by atoms with Gasteiger partial charge in [-0.2, -0.15) is 0 Å². The van der Waals surface area contributed by atoms with Gasteiger partial charge in [-0.1, -0.05) is 12.1 Å². The van der Waals surface area contributed by atoms with Crippen molar-refractivity contribution in [3.05, 3.63) is 89.2 Å². The molecule has 0 aromatic heterocycles. The van der Waals surface area contributed by atoms with Crippen molar-refractivity contribution in [3.63, 3.8) is 0 Å². The van der Waals surface area contributed by atoms with Gasteiger partial charge in [-0.15, -0.1) is 13.2 Å². The Labute approximate surface area is 181 Å². The van der Waals surface area contributed by atoms with E-state index >= 15 is 0 Å². The quantitative estimate of drug-likeness (QED) is 0.545. The normalized spacial score (nSPS) is 13.8. The molecule has 0 spiro atoms. The molecule has 1 aliphatic rings. The molecule has 0 aliphatic carbocycles. The maximum atomic E-state index is 13.5. The minimum atomic E-state index is -4.86. The second kappa shape index (κ2) is 8.27. The highest BCUT2D eigenvalue weighted by atomic mass is 32.2. The zero-order valence-electron chi connectivity index (χ0n) is 16.4. The summed E-state index contributed by atoms with van der Waals surface area (Å²) in [5.74, 6) is -0.832. The first-order valence-corrected chi connectivity index (χ1v) is 10.9. The minimum absolute atomic E-state index is 0.219. The topological polar surface area (TPSA) is 67.8 Å². The zero-order chi connectivity index (χ0) is 22.9. The Balaban J connectivity index is 1.51. The van der Waals surface area contributed by atoms with E-state index in [1.54, 1.807) is 30.3 Å². The summed E-state index contributed by atoms with van der Waals surface area (Å²) in [4.78, 5) is 4.30. The Hall–Kier alpha value is -3.40. The molecule has 1 aliphatic heterocycles. The second-order valence-electron chi connectivity index (χ2n) is 6.98. The highest BCUT2D eigenvalue weighted by Crippen LogP contribution is 2.26. The number of nitrogens with one attached hydrogen (secondary N) is 1. The van der Waals surface area contributed by atoms with Crippen molar-refractivity contribution in [1.82, 2.24) is 0 Å². The fraction of sp³-hybridized carbons (Fsp3) is 0.136. The van der Waals surface area contributed by atoms with E-state index in [0.717, 1.165) is 41.0 Å². The van der Waals surface area contributed by atoms with Crippen molar-refractivity contribution < 1.29 is 30.7 Å². The van der Waals surface area contributed by atoms with E-state index < -0.39 is 22.1 Å². The number of hydrogen-bond donors (Lipinski definition) is 1. The first-order chi connectivity index (χ1) is 15.1. The van der Waals surface area contributed by atoms with Gasteiger partial charge in [0.1, 0.15) is 11.6 Å². The number of fused-ring (bicyclic) bond motifs is 1. The number of sulfonamides is 1. The lowest BCUT2D eigenvalue weighted by Gasteiger charge is -2.17. The predicted octanol–water partition coefficient (Wildman–Crippen LogP) is 4.92. The molecule has 0 amide bonds. The molecule has 32 heavy (non-hydrogen) atoms. The molecular formula is C22H16F4N2O3S. The van der Waals surface area contributed by atoms with Gasteiger partial charge in [-0.05, 0) is 66.6 Å². The summed E-state index contributed by atoms with van der Waals surface area (Å²) in [5.41, 5.74) is 3.39. The molecule has 0 saturated heterocycles. The number of benzene rings is 3. The van der Waals surface area contributed by atoms with E-state index in [0.29, 0.717) is 18.7 Å². The number of halogens is 4. The van der Waals surface area contributed by atoms with Gasteiger partial charge in [0.25, 0.3) is 10.0 Å². The van der Waals surface area contributed by atoms with Crippen molar-refractivity contribution in [2.45, 2.75) is 17.7 Å².